The van der Waals surface area contributed by atoms with E-state index in [1.807, 2.05) is 53.5 Å². The molecule has 0 spiro atoms. The summed E-state index contributed by atoms with van der Waals surface area (Å²) in [5.74, 6) is 1.70. The summed E-state index contributed by atoms with van der Waals surface area (Å²) in [7, 11) is 1.65. The van der Waals surface area contributed by atoms with Crippen molar-refractivity contribution in [3.8, 4) is 17.2 Å². The highest BCUT2D eigenvalue weighted by Gasteiger charge is 2.42. The van der Waals surface area contributed by atoms with Crippen LogP contribution in [-0.2, 0) is 0 Å². The standard InChI is InChI=1S/C23H18BrClN2O3/c1-29-16-6-2-13(3-7-16)19-12-20-17-11-15(25)5-9-22(17)30-23(27(20)26-19)18-10-14(24)4-8-21(18)28/h2-11,20,23,28H,12H2,1H3/t20-,23-/m0/s1. The molecule has 3 aromatic rings. The number of hydrogen-bond donors (Lipinski definition) is 1. The van der Waals surface area contributed by atoms with Crippen LogP contribution in [0, 0.1) is 0 Å². The average Bonchev–Trinajstić information content (AvgIpc) is 3.21. The maximum Gasteiger partial charge on any atom is 0.217 e. The normalized spacial score (nSPS) is 19.6. The molecule has 30 heavy (non-hydrogen) atoms. The summed E-state index contributed by atoms with van der Waals surface area (Å²) >= 11 is 9.77. The van der Waals surface area contributed by atoms with E-state index in [0.29, 0.717) is 17.0 Å². The van der Waals surface area contributed by atoms with E-state index < -0.39 is 6.23 Å². The number of hydrazone groups is 1. The second-order valence-corrected chi connectivity index (χ2v) is 8.58. The monoisotopic (exact) mass is 484 g/mol. The van der Waals surface area contributed by atoms with Crippen LogP contribution in [0.4, 0.5) is 0 Å². The van der Waals surface area contributed by atoms with E-state index in [-0.39, 0.29) is 11.8 Å². The van der Waals surface area contributed by atoms with Crippen molar-refractivity contribution >= 4 is 33.2 Å². The zero-order valence-corrected chi connectivity index (χ0v) is 18.4. The molecule has 152 valence electrons. The minimum atomic E-state index is -0.558. The number of nitrogens with zero attached hydrogens (tertiary/aromatic N) is 2. The van der Waals surface area contributed by atoms with E-state index in [0.717, 1.165) is 32.8 Å². The van der Waals surface area contributed by atoms with Crippen molar-refractivity contribution in [2.75, 3.05) is 7.11 Å². The van der Waals surface area contributed by atoms with Gasteiger partial charge in [-0.05, 0) is 66.2 Å². The molecule has 5 rings (SSSR count). The molecule has 7 heteroatoms. The smallest absolute Gasteiger partial charge is 0.217 e. The van der Waals surface area contributed by atoms with Crippen molar-refractivity contribution in [2.24, 2.45) is 5.10 Å². The molecule has 0 saturated heterocycles. The molecule has 0 amide bonds. The first-order valence-electron chi connectivity index (χ1n) is 9.48. The van der Waals surface area contributed by atoms with Gasteiger partial charge < -0.3 is 14.6 Å². The molecule has 0 fully saturated rings. The third-order valence-corrected chi connectivity index (χ3v) is 6.16. The molecule has 5 nitrogen and oxygen atoms in total. The maximum absolute atomic E-state index is 10.5. The summed E-state index contributed by atoms with van der Waals surface area (Å²) in [6.07, 6.45) is 0.144. The van der Waals surface area contributed by atoms with Gasteiger partial charge >= 0.3 is 0 Å². The molecular formula is C23H18BrClN2O3. The fourth-order valence-electron chi connectivity index (χ4n) is 3.94. The van der Waals surface area contributed by atoms with E-state index in [9.17, 15) is 5.11 Å². The first-order valence-corrected chi connectivity index (χ1v) is 10.7. The minimum Gasteiger partial charge on any atom is -0.507 e. The van der Waals surface area contributed by atoms with Crippen molar-refractivity contribution in [2.45, 2.75) is 18.7 Å². The molecule has 3 aromatic carbocycles. The lowest BCUT2D eigenvalue weighted by atomic mass is 9.96. The van der Waals surface area contributed by atoms with Gasteiger partial charge in [-0.1, -0.05) is 27.5 Å². The van der Waals surface area contributed by atoms with Gasteiger partial charge in [0.2, 0.25) is 6.23 Å². The van der Waals surface area contributed by atoms with E-state index in [1.165, 1.54) is 0 Å². The average molecular weight is 486 g/mol. The Bertz CT molecular complexity index is 1150. The fourth-order valence-corrected chi connectivity index (χ4v) is 4.50. The Morgan fingerprint density at radius 3 is 2.67 bits per heavy atom. The number of aromatic hydroxyl groups is 1. The fraction of sp³-hybridized carbons (Fsp3) is 0.174. The van der Waals surface area contributed by atoms with Crippen LogP contribution in [-0.4, -0.2) is 22.9 Å². The Kier molecular flexibility index (Phi) is 4.83. The Morgan fingerprint density at radius 1 is 1.10 bits per heavy atom. The predicted octanol–water partition coefficient (Wildman–Crippen LogP) is 6.06. The van der Waals surface area contributed by atoms with Crippen molar-refractivity contribution < 1.29 is 14.6 Å². The van der Waals surface area contributed by atoms with Gasteiger partial charge in [0, 0.05) is 21.5 Å². The lowest BCUT2D eigenvalue weighted by molar-refractivity contribution is -0.0203. The third-order valence-electron chi connectivity index (χ3n) is 5.43. The minimum absolute atomic E-state index is 0.0482. The lowest BCUT2D eigenvalue weighted by Crippen LogP contribution is -2.33. The number of benzene rings is 3. The van der Waals surface area contributed by atoms with Crippen LogP contribution in [0.3, 0.4) is 0 Å². The topological polar surface area (TPSA) is 54.3 Å². The summed E-state index contributed by atoms with van der Waals surface area (Å²) in [4.78, 5) is 0. The number of phenols is 1. The predicted molar refractivity (Wildman–Crippen MR) is 119 cm³/mol. The lowest BCUT2D eigenvalue weighted by Gasteiger charge is -2.38. The van der Waals surface area contributed by atoms with Gasteiger partial charge in [0.15, 0.2) is 0 Å². The summed E-state index contributed by atoms with van der Waals surface area (Å²) in [5.41, 5.74) is 3.60. The highest BCUT2D eigenvalue weighted by molar-refractivity contribution is 9.10. The summed E-state index contributed by atoms with van der Waals surface area (Å²) in [6.45, 7) is 0. The summed E-state index contributed by atoms with van der Waals surface area (Å²) in [6, 6.07) is 18.7. The van der Waals surface area contributed by atoms with Crippen molar-refractivity contribution in [1.82, 2.24) is 5.01 Å². The number of ether oxygens (including phenoxy) is 2. The van der Waals surface area contributed by atoms with E-state index >= 15 is 0 Å². The second kappa shape index (κ2) is 7.52. The molecule has 0 aromatic heterocycles. The molecule has 1 N–H and O–H groups in total. The molecule has 0 bridgehead atoms. The molecule has 0 saturated carbocycles. The summed E-state index contributed by atoms with van der Waals surface area (Å²) in [5, 5.41) is 18.0. The van der Waals surface area contributed by atoms with Gasteiger partial charge in [0.25, 0.3) is 0 Å². The van der Waals surface area contributed by atoms with E-state index in [4.69, 9.17) is 26.2 Å². The van der Waals surface area contributed by atoms with Gasteiger partial charge in [0.1, 0.15) is 17.2 Å². The molecule has 0 radical (unpaired) electrons. The van der Waals surface area contributed by atoms with Gasteiger partial charge in [-0.25, -0.2) is 5.01 Å². The number of rotatable bonds is 3. The SMILES string of the molecule is COc1ccc(C2=NN3[C@@H](C2)c2cc(Cl)ccc2O[C@H]3c2cc(Br)ccc2O)cc1. The number of phenolic OH excluding ortho intramolecular Hbond substituents is 1. The molecule has 2 heterocycles. The van der Waals surface area contributed by atoms with Gasteiger partial charge in [0.05, 0.1) is 24.4 Å². The molecule has 2 atom stereocenters. The van der Waals surface area contributed by atoms with Gasteiger partial charge in [-0.15, -0.1) is 0 Å². The number of fused-ring (bicyclic) bond motifs is 3. The molecule has 2 aliphatic heterocycles. The zero-order chi connectivity index (χ0) is 20.8. The van der Waals surface area contributed by atoms with Crippen molar-refractivity contribution in [1.29, 1.82) is 0 Å². The summed E-state index contributed by atoms with van der Waals surface area (Å²) < 4.78 is 12.4. The second-order valence-electron chi connectivity index (χ2n) is 7.23. The number of hydrogen-bond acceptors (Lipinski definition) is 5. The van der Waals surface area contributed by atoms with E-state index in [2.05, 4.69) is 15.9 Å². The number of halogens is 2. The molecular weight excluding hydrogens is 468 g/mol. The zero-order valence-electron chi connectivity index (χ0n) is 16.0. The van der Waals surface area contributed by atoms with Crippen molar-refractivity contribution in [3.05, 3.63) is 86.8 Å². The van der Waals surface area contributed by atoms with Gasteiger partial charge in [-0.3, -0.25) is 0 Å². The van der Waals surface area contributed by atoms with Crippen LogP contribution in [0.15, 0.2) is 70.2 Å². The molecule has 0 aliphatic carbocycles. The van der Waals surface area contributed by atoms with Crippen LogP contribution in [0.5, 0.6) is 17.2 Å². The Labute approximate surface area is 187 Å². The maximum atomic E-state index is 10.5. The van der Waals surface area contributed by atoms with Crippen LogP contribution in [0.2, 0.25) is 5.02 Å². The highest BCUT2D eigenvalue weighted by Crippen LogP contribution is 2.49. The Hall–Kier alpha value is -2.70. The number of methoxy groups -OCH3 is 1. The molecule has 0 unspecified atom stereocenters. The third kappa shape index (κ3) is 3.30. The Morgan fingerprint density at radius 2 is 1.90 bits per heavy atom. The van der Waals surface area contributed by atoms with Crippen molar-refractivity contribution in [3.63, 3.8) is 0 Å². The largest absolute Gasteiger partial charge is 0.507 e. The van der Waals surface area contributed by atoms with Crippen LogP contribution < -0.4 is 9.47 Å². The van der Waals surface area contributed by atoms with E-state index in [1.54, 1.807) is 19.2 Å². The first kappa shape index (κ1) is 19.3. The molecule has 2 aliphatic rings. The van der Waals surface area contributed by atoms with Crippen LogP contribution in [0.1, 0.15) is 35.4 Å². The van der Waals surface area contributed by atoms with Gasteiger partial charge in [-0.2, -0.15) is 5.10 Å². The Balaban J connectivity index is 1.61. The quantitative estimate of drug-likeness (QED) is 0.490. The highest BCUT2D eigenvalue weighted by atomic mass is 79.9. The van der Waals surface area contributed by atoms with Crippen LogP contribution in [0.25, 0.3) is 0 Å². The van der Waals surface area contributed by atoms with Crippen LogP contribution >= 0.6 is 27.5 Å². The first-order chi connectivity index (χ1) is 14.5.